The molecule has 0 aliphatic heterocycles. The summed E-state index contributed by atoms with van der Waals surface area (Å²) in [6.45, 7) is 1.50. The van der Waals surface area contributed by atoms with Gasteiger partial charge >= 0.3 is 5.97 Å². The molecule has 0 saturated carbocycles. The molecule has 13 heavy (non-hydrogen) atoms. The smallest absolute Gasteiger partial charge is 0.325 e. The molecule has 0 fully saturated rings. The monoisotopic (exact) mass is 201 g/mol. The summed E-state index contributed by atoms with van der Waals surface area (Å²) in [6, 6.07) is -0.729. The Kier molecular flexibility index (Phi) is 3.02. The number of carbonyl (C=O) groups is 1. The summed E-state index contributed by atoms with van der Waals surface area (Å²) in [5.74, 6) is -0.638. The van der Waals surface area contributed by atoms with E-state index in [4.69, 9.17) is 16.7 Å². The van der Waals surface area contributed by atoms with Crippen molar-refractivity contribution >= 4 is 23.4 Å². The van der Waals surface area contributed by atoms with Crippen LogP contribution in [0.3, 0.4) is 0 Å². The summed E-state index contributed by atoms with van der Waals surface area (Å²) in [4.78, 5) is 17.9. The molecule has 6 heteroatoms. The predicted molar refractivity (Wildman–Crippen MR) is 47.8 cm³/mol. The molecule has 5 nitrogen and oxygen atoms in total. The quantitative estimate of drug-likeness (QED) is 0.764. The van der Waals surface area contributed by atoms with Gasteiger partial charge in [-0.25, -0.2) is 9.97 Å². The van der Waals surface area contributed by atoms with Gasteiger partial charge in [0.05, 0.1) is 6.20 Å². The molecule has 0 spiro atoms. The first-order valence-electron chi connectivity index (χ1n) is 3.56. The van der Waals surface area contributed by atoms with E-state index in [0.717, 1.165) is 0 Å². The fourth-order valence-corrected chi connectivity index (χ4v) is 0.845. The van der Waals surface area contributed by atoms with E-state index in [0.29, 0.717) is 10.8 Å². The molecule has 0 saturated heterocycles. The fourth-order valence-electron chi connectivity index (χ4n) is 0.686. The van der Waals surface area contributed by atoms with Gasteiger partial charge in [-0.2, -0.15) is 0 Å². The molecule has 1 aromatic rings. The number of nitrogens with zero attached hydrogens (tertiary/aromatic N) is 2. The Morgan fingerprint density at radius 2 is 2.46 bits per heavy atom. The average Bonchev–Trinajstić information content (AvgIpc) is 2.08. The number of aliphatic carboxylic acids is 1. The van der Waals surface area contributed by atoms with Crippen LogP contribution in [0.4, 0.5) is 5.82 Å². The molecule has 0 unspecified atom stereocenters. The number of nitrogens with one attached hydrogen (secondary N) is 1. The van der Waals surface area contributed by atoms with E-state index in [-0.39, 0.29) is 0 Å². The van der Waals surface area contributed by atoms with Gasteiger partial charge in [-0.05, 0) is 6.92 Å². The highest BCUT2D eigenvalue weighted by molar-refractivity contribution is 6.32. The van der Waals surface area contributed by atoms with E-state index in [1.807, 2.05) is 0 Å². The van der Waals surface area contributed by atoms with E-state index in [1.165, 1.54) is 19.4 Å². The molecular weight excluding hydrogens is 194 g/mol. The standard InChI is InChI=1S/C7H8ClN3O2/c1-4(7(12)13)11-6-5(8)2-9-3-10-6/h2-4H,1H3,(H,12,13)(H,9,10,11)/t4-/m0/s1. The molecule has 1 aromatic heterocycles. The van der Waals surface area contributed by atoms with E-state index in [2.05, 4.69) is 15.3 Å². The Hall–Kier alpha value is -1.36. The van der Waals surface area contributed by atoms with Crippen LogP contribution in [0, 0.1) is 0 Å². The number of hydrogen-bond donors (Lipinski definition) is 2. The largest absolute Gasteiger partial charge is 0.480 e. The van der Waals surface area contributed by atoms with E-state index >= 15 is 0 Å². The van der Waals surface area contributed by atoms with Crippen LogP contribution in [0.2, 0.25) is 5.02 Å². The third kappa shape index (κ3) is 2.55. The molecule has 0 aromatic carbocycles. The summed E-state index contributed by atoms with van der Waals surface area (Å²) in [5, 5.41) is 11.5. The van der Waals surface area contributed by atoms with Crippen LogP contribution in [0.15, 0.2) is 12.5 Å². The van der Waals surface area contributed by atoms with Crippen LogP contribution in [-0.4, -0.2) is 27.1 Å². The number of halogens is 1. The van der Waals surface area contributed by atoms with Gasteiger partial charge in [-0.3, -0.25) is 4.79 Å². The Morgan fingerprint density at radius 1 is 1.77 bits per heavy atom. The van der Waals surface area contributed by atoms with Crippen molar-refractivity contribution in [3.05, 3.63) is 17.5 Å². The highest BCUT2D eigenvalue weighted by Crippen LogP contribution is 2.16. The Bertz CT molecular complexity index is 318. The minimum atomic E-state index is -0.963. The SMILES string of the molecule is C[C@H](Nc1ncncc1Cl)C(=O)O. The van der Waals surface area contributed by atoms with E-state index in [1.54, 1.807) is 0 Å². The van der Waals surface area contributed by atoms with Gasteiger partial charge in [-0.15, -0.1) is 0 Å². The highest BCUT2D eigenvalue weighted by atomic mass is 35.5. The lowest BCUT2D eigenvalue weighted by atomic mass is 10.3. The lowest BCUT2D eigenvalue weighted by Gasteiger charge is -2.09. The van der Waals surface area contributed by atoms with Crippen molar-refractivity contribution in [1.29, 1.82) is 0 Å². The second-order valence-corrected chi connectivity index (χ2v) is 2.83. The minimum absolute atomic E-state index is 0.301. The molecule has 0 radical (unpaired) electrons. The van der Waals surface area contributed by atoms with Crippen LogP contribution in [0.1, 0.15) is 6.92 Å². The summed E-state index contributed by atoms with van der Waals surface area (Å²) in [6.07, 6.45) is 2.69. The Morgan fingerprint density at radius 3 is 3.00 bits per heavy atom. The molecule has 1 rings (SSSR count). The second-order valence-electron chi connectivity index (χ2n) is 2.42. The average molecular weight is 202 g/mol. The topological polar surface area (TPSA) is 75.1 Å². The minimum Gasteiger partial charge on any atom is -0.480 e. The van der Waals surface area contributed by atoms with Crippen molar-refractivity contribution in [3.63, 3.8) is 0 Å². The van der Waals surface area contributed by atoms with Crippen LogP contribution in [-0.2, 0) is 4.79 Å². The molecule has 0 aliphatic rings. The van der Waals surface area contributed by atoms with Gasteiger partial charge in [0.1, 0.15) is 23.2 Å². The van der Waals surface area contributed by atoms with Gasteiger partial charge in [0.2, 0.25) is 0 Å². The summed E-state index contributed by atoms with van der Waals surface area (Å²) in [5.41, 5.74) is 0. The number of hydrogen-bond acceptors (Lipinski definition) is 4. The number of aromatic nitrogens is 2. The highest BCUT2D eigenvalue weighted by Gasteiger charge is 2.12. The Balaban J connectivity index is 2.74. The predicted octanol–water partition coefficient (Wildman–Crippen LogP) is 1.01. The normalized spacial score (nSPS) is 12.2. The van der Waals surface area contributed by atoms with Crippen LogP contribution in [0.5, 0.6) is 0 Å². The lowest BCUT2D eigenvalue weighted by molar-refractivity contribution is -0.137. The third-order valence-corrected chi connectivity index (χ3v) is 1.67. The molecule has 0 aliphatic carbocycles. The third-order valence-electron chi connectivity index (χ3n) is 1.39. The van der Waals surface area contributed by atoms with Crippen molar-refractivity contribution in [2.45, 2.75) is 13.0 Å². The lowest BCUT2D eigenvalue weighted by Crippen LogP contribution is -2.26. The number of carboxylic acid groups (broad SMARTS) is 1. The van der Waals surface area contributed by atoms with Crippen molar-refractivity contribution in [2.75, 3.05) is 5.32 Å². The summed E-state index contributed by atoms with van der Waals surface area (Å²) >= 11 is 5.69. The number of carboxylic acids is 1. The molecule has 0 amide bonds. The molecule has 1 atom stereocenters. The first-order chi connectivity index (χ1) is 6.11. The molecule has 70 valence electrons. The Labute approximate surface area is 79.8 Å². The van der Waals surface area contributed by atoms with Gasteiger partial charge in [0.25, 0.3) is 0 Å². The molecule has 1 heterocycles. The van der Waals surface area contributed by atoms with Crippen molar-refractivity contribution < 1.29 is 9.90 Å². The molecule has 0 bridgehead atoms. The van der Waals surface area contributed by atoms with Crippen molar-refractivity contribution in [2.24, 2.45) is 0 Å². The first-order valence-corrected chi connectivity index (χ1v) is 3.94. The summed E-state index contributed by atoms with van der Waals surface area (Å²) < 4.78 is 0. The molecule has 2 N–H and O–H groups in total. The van der Waals surface area contributed by atoms with Gasteiger partial charge in [0, 0.05) is 0 Å². The maximum absolute atomic E-state index is 10.5. The van der Waals surface area contributed by atoms with Gasteiger partial charge < -0.3 is 10.4 Å². The van der Waals surface area contributed by atoms with E-state index < -0.39 is 12.0 Å². The maximum Gasteiger partial charge on any atom is 0.325 e. The van der Waals surface area contributed by atoms with Crippen LogP contribution < -0.4 is 5.32 Å². The fraction of sp³-hybridized carbons (Fsp3) is 0.286. The van der Waals surface area contributed by atoms with Gasteiger partial charge in [-0.1, -0.05) is 11.6 Å². The van der Waals surface area contributed by atoms with E-state index in [9.17, 15) is 4.79 Å². The zero-order chi connectivity index (χ0) is 9.84. The number of anilines is 1. The van der Waals surface area contributed by atoms with Crippen molar-refractivity contribution in [3.8, 4) is 0 Å². The second kappa shape index (κ2) is 4.04. The summed E-state index contributed by atoms with van der Waals surface area (Å²) in [7, 11) is 0. The maximum atomic E-state index is 10.5. The van der Waals surface area contributed by atoms with Crippen molar-refractivity contribution in [1.82, 2.24) is 9.97 Å². The van der Waals surface area contributed by atoms with Crippen LogP contribution >= 0.6 is 11.6 Å². The van der Waals surface area contributed by atoms with Gasteiger partial charge in [0.15, 0.2) is 0 Å². The zero-order valence-electron chi connectivity index (χ0n) is 6.86. The number of rotatable bonds is 3. The zero-order valence-corrected chi connectivity index (χ0v) is 7.62. The van der Waals surface area contributed by atoms with Crippen LogP contribution in [0.25, 0.3) is 0 Å². The molecular formula is C7H8ClN3O2. The first kappa shape index (κ1) is 9.73.